The lowest BCUT2D eigenvalue weighted by Crippen LogP contribution is -2.12. The van der Waals surface area contributed by atoms with Gasteiger partial charge in [-0.15, -0.1) is 5.10 Å². The Morgan fingerprint density at radius 1 is 1.07 bits per heavy atom. The summed E-state index contributed by atoms with van der Waals surface area (Å²) in [5.41, 5.74) is 1.14. The summed E-state index contributed by atoms with van der Waals surface area (Å²) >= 11 is 3.39. The smallest absolute Gasteiger partial charge is 0.322 e. The molecule has 7 nitrogen and oxygen atoms in total. The molecule has 0 saturated heterocycles. The molecular weight excluding hydrogens is 414 g/mol. The van der Waals surface area contributed by atoms with Crippen LogP contribution in [0.5, 0.6) is 11.5 Å². The maximum Gasteiger partial charge on any atom is 0.322 e. The predicted molar refractivity (Wildman–Crippen MR) is 104 cm³/mol. The summed E-state index contributed by atoms with van der Waals surface area (Å²) in [4.78, 5) is 12.5. The van der Waals surface area contributed by atoms with E-state index in [0.29, 0.717) is 36.2 Å². The van der Waals surface area contributed by atoms with Gasteiger partial charge in [-0.05, 0) is 50.2 Å². The Hall–Kier alpha value is -2.87. The average Bonchev–Trinajstić information content (AvgIpc) is 3.12. The quantitative estimate of drug-likeness (QED) is 0.590. The Balaban J connectivity index is 1.76. The van der Waals surface area contributed by atoms with E-state index in [1.165, 1.54) is 0 Å². The van der Waals surface area contributed by atoms with E-state index in [-0.39, 0.29) is 11.9 Å². The summed E-state index contributed by atoms with van der Waals surface area (Å²) in [5, 5.41) is 10.4. The minimum Gasteiger partial charge on any atom is -0.490 e. The lowest BCUT2D eigenvalue weighted by molar-refractivity contribution is 0.102. The Morgan fingerprint density at radius 3 is 2.59 bits per heavy atom. The third-order valence-corrected chi connectivity index (χ3v) is 4.02. The zero-order valence-electron chi connectivity index (χ0n) is 14.9. The second-order valence-corrected chi connectivity index (χ2v) is 6.32. The third kappa shape index (κ3) is 4.65. The molecular formula is C19H18BrN3O4. The van der Waals surface area contributed by atoms with Crippen LogP contribution >= 0.6 is 15.9 Å². The van der Waals surface area contributed by atoms with Gasteiger partial charge in [0.05, 0.1) is 13.2 Å². The van der Waals surface area contributed by atoms with Crippen molar-refractivity contribution in [1.29, 1.82) is 0 Å². The summed E-state index contributed by atoms with van der Waals surface area (Å²) in [6.07, 6.45) is 0. The van der Waals surface area contributed by atoms with Crippen LogP contribution in [0.3, 0.4) is 0 Å². The molecule has 3 rings (SSSR count). The lowest BCUT2D eigenvalue weighted by atomic mass is 10.2. The van der Waals surface area contributed by atoms with Gasteiger partial charge in [-0.25, -0.2) is 0 Å². The maximum atomic E-state index is 12.5. The average molecular weight is 432 g/mol. The number of rotatable bonds is 7. The highest BCUT2D eigenvalue weighted by Crippen LogP contribution is 2.29. The van der Waals surface area contributed by atoms with Crippen LogP contribution in [0.25, 0.3) is 11.5 Å². The van der Waals surface area contributed by atoms with Gasteiger partial charge in [0.25, 0.3) is 5.91 Å². The minimum absolute atomic E-state index is 0.0156. The summed E-state index contributed by atoms with van der Waals surface area (Å²) in [7, 11) is 0. The van der Waals surface area contributed by atoms with Crippen molar-refractivity contribution >= 4 is 27.9 Å². The molecule has 3 aromatic rings. The van der Waals surface area contributed by atoms with Crippen LogP contribution in [0.15, 0.2) is 51.4 Å². The second-order valence-electron chi connectivity index (χ2n) is 5.40. The highest BCUT2D eigenvalue weighted by atomic mass is 79.9. The van der Waals surface area contributed by atoms with Crippen molar-refractivity contribution in [3.05, 3.63) is 52.5 Å². The van der Waals surface area contributed by atoms with E-state index in [2.05, 4.69) is 31.4 Å². The Kier molecular flexibility index (Phi) is 6.08. The number of aromatic nitrogens is 2. The van der Waals surface area contributed by atoms with E-state index in [4.69, 9.17) is 13.9 Å². The number of benzene rings is 2. The number of nitrogens with one attached hydrogen (secondary N) is 1. The van der Waals surface area contributed by atoms with Crippen LogP contribution in [-0.4, -0.2) is 29.3 Å². The number of halogens is 1. The van der Waals surface area contributed by atoms with Crippen molar-refractivity contribution in [2.24, 2.45) is 0 Å². The van der Waals surface area contributed by atoms with Gasteiger partial charge >= 0.3 is 6.01 Å². The highest BCUT2D eigenvalue weighted by Gasteiger charge is 2.15. The fourth-order valence-corrected chi connectivity index (χ4v) is 2.77. The van der Waals surface area contributed by atoms with Crippen LogP contribution in [0, 0.1) is 0 Å². The van der Waals surface area contributed by atoms with Gasteiger partial charge in [0.1, 0.15) is 0 Å². The van der Waals surface area contributed by atoms with Gasteiger partial charge in [0.2, 0.25) is 5.89 Å². The lowest BCUT2D eigenvalue weighted by Gasteiger charge is -2.11. The van der Waals surface area contributed by atoms with Crippen LogP contribution in [-0.2, 0) is 0 Å². The maximum absolute atomic E-state index is 12.5. The molecule has 0 radical (unpaired) electrons. The molecule has 0 aliphatic heterocycles. The molecule has 0 bridgehead atoms. The number of nitrogens with zero attached hydrogens (tertiary/aromatic N) is 2. The summed E-state index contributed by atoms with van der Waals surface area (Å²) in [6, 6.07) is 12.4. The van der Waals surface area contributed by atoms with Gasteiger partial charge < -0.3 is 13.9 Å². The van der Waals surface area contributed by atoms with Gasteiger partial charge in [-0.3, -0.25) is 10.1 Å². The Labute approximate surface area is 164 Å². The monoisotopic (exact) mass is 431 g/mol. The normalized spacial score (nSPS) is 10.5. The summed E-state index contributed by atoms with van der Waals surface area (Å²) < 4.78 is 17.5. The standard InChI is InChI=1S/C19H18BrN3O4/c1-3-25-15-9-8-12(11-16(15)26-4-2)17(24)21-19-23-22-18(27-19)13-6-5-7-14(20)10-13/h5-11H,3-4H2,1-2H3,(H,21,23,24). The Morgan fingerprint density at radius 2 is 1.85 bits per heavy atom. The zero-order valence-corrected chi connectivity index (χ0v) is 16.4. The number of anilines is 1. The fraction of sp³-hybridized carbons (Fsp3) is 0.211. The first-order valence-corrected chi connectivity index (χ1v) is 9.20. The van der Waals surface area contributed by atoms with Gasteiger partial charge in [-0.1, -0.05) is 27.1 Å². The van der Waals surface area contributed by atoms with E-state index in [9.17, 15) is 4.79 Å². The number of hydrogen-bond donors (Lipinski definition) is 1. The van der Waals surface area contributed by atoms with Crippen molar-refractivity contribution in [3.8, 4) is 23.0 Å². The van der Waals surface area contributed by atoms with Gasteiger partial charge in [-0.2, -0.15) is 0 Å². The first kappa shape index (κ1) is 18.9. The number of ether oxygens (including phenoxy) is 2. The third-order valence-electron chi connectivity index (χ3n) is 3.52. The molecule has 0 aliphatic carbocycles. The van der Waals surface area contributed by atoms with E-state index in [0.717, 1.165) is 10.0 Å². The van der Waals surface area contributed by atoms with Crippen LogP contribution < -0.4 is 14.8 Å². The molecule has 27 heavy (non-hydrogen) atoms. The molecule has 140 valence electrons. The molecule has 8 heteroatoms. The van der Waals surface area contributed by atoms with E-state index < -0.39 is 0 Å². The molecule has 0 aliphatic rings. The predicted octanol–water partition coefficient (Wildman–Crippen LogP) is 4.55. The van der Waals surface area contributed by atoms with Crippen LogP contribution in [0.2, 0.25) is 0 Å². The van der Waals surface area contributed by atoms with Crippen molar-refractivity contribution in [3.63, 3.8) is 0 Å². The van der Waals surface area contributed by atoms with E-state index >= 15 is 0 Å². The summed E-state index contributed by atoms with van der Waals surface area (Å²) in [6.45, 7) is 4.72. The Bertz CT molecular complexity index is 942. The van der Waals surface area contributed by atoms with Crippen LogP contribution in [0.1, 0.15) is 24.2 Å². The van der Waals surface area contributed by atoms with Crippen molar-refractivity contribution in [1.82, 2.24) is 10.2 Å². The highest BCUT2D eigenvalue weighted by molar-refractivity contribution is 9.10. The SMILES string of the molecule is CCOc1ccc(C(=O)Nc2nnc(-c3cccc(Br)c3)o2)cc1OCC. The topological polar surface area (TPSA) is 86.5 Å². The van der Waals surface area contributed by atoms with Crippen molar-refractivity contribution < 1.29 is 18.7 Å². The first-order chi connectivity index (χ1) is 13.1. The second kappa shape index (κ2) is 8.68. The van der Waals surface area contributed by atoms with Crippen molar-refractivity contribution in [2.45, 2.75) is 13.8 Å². The molecule has 0 atom stereocenters. The first-order valence-electron chi connectivity index (χ1n) is 8.41. The number of amides is 1. The van der Waals surface area contributed by atoms with E-state index in [1.807, 2.05) is 38.1 Å². The van der Waals surface area contributed by atoms with Gasteiger partial charge in [0, 0.05) is 15.6 Å². The largest absolute Gasteiger partial charge is 0.490 e. The number of carbonyl (C=O) groups excluding carboxylic acids is 1. The van der Waals surface area contributed by atoms with E-state index in [1.54, 1.807) is 18.2 Å². The minimum atomic E-state index is -0.386. The van der Waals surface area contributed by atoms with Crippen molar-refractivity contribution in [2.75, 3.05) is 18.5 Å². The van der Waals surface area contributed by atoms with Gasteiger partial charge in [0.15, 0.2) is 11.5 Å². The zero-order chi connectivity index (χ0) is 19.2. The summed E-state index contributed by atoms with van der Waals surface area (Å²) in [5.74, 6) is 1.02. The fourth-order valence-electron chi connectivity index (χ4n) is 2.37. The molecule has 1 N–H and O–H groups in total. The molecule has 1 aromatic heterocycles. The molecule has 2 aromatic carbocycles. The number of hydrogen-bond acceptors (Lipinski definition) is 6. The van der Waals surface area contributed by atoms with Crippen LogP contribution in [0.4, 0.5) is 6.01 Å². The molecule has 1 amide bonds. The molecule has 0 unspecified atom stereocenters. The molecule has 0 fully saturated rings. The molecule has 0 saturated carbocycles. The molecule has 0 spiro atoms. The molecule has 1 heterocycles. The number of carbonyl (C=O) groups is 1.